The van der Waals surface area contributed by atoms with Gasteiger partial charge in [0.05, 0.1) is 11.9 Å². The minimum Gasteiger partial charge on any atom is -0.380 e. The van der Waals surface area contributed by atoms with Crippen molar-refractivity contribution in [3.63, 3.8) is 0 Å². The lowest BCUT2D eigenvalue weighted by molar-refractivity contribution is 1.12. The summed E-state index contributed by atoms with van der Waals surface area (Å²) in [6, 6.07) is 10.6. The van der Waals surface area contributed by atoms with Gasteiger partial charge in [-0.1, -0.05) is 29.8 Å². The lowest BCUT2D eigenvalue weighted by Gasteiger charge is -2.08. The molecule has 1 aromatic carbocycles. The highest BCUT2D eigenvalue weighted by atomic mass is 14.9. The SMILES string of the molecule is Cc1ccc(CNc2cnccc2C)cc1. The molecule has 1 heterocycles. The Balaban J connectivity index is 2.02. The summed E-state index contributed by atoms with van der Waals surface area (Å²) in [6.07, 6.45) is 3.68. The molecule has 2 nitrogen and oxygen atoms in total. The third kappa shape index (κ3) is 2.60. The van der Waals surface area contributed by atoms with Crippen LogP contribution in [0.25, 0.3) is 0 Å². The van der Waals surface area contributed by atoms with Gasteiger partial charge < -0.3 is 5.32 Å². The summed E-state index contributed by atoms with van der Waals surface area (Å²) >= 11 is 0. The Morgan fingerprint density at radius 1 is 1.06 bits per heavy atom. The van der Waals surface area contributed by atoms with Crippen LogP contribution >= 0.6 is 0 Å². The van der Waals surface area contributed by atoms with Crippen molar-refractivity contribution in [2.45, 2.75) is 20.4 Å². The van der Waals surface area contributed by atoms with Crippen molar-refractivity contribution in [3.05, 3.63) is 59.4 Å². The molecular weight excluding hydrogens is 196 g/mol. The minimum absolute atomic E-state index is 0.840. The number of aryl methyl sites for hydroxylation is 2. The van der Waals surface area contributed by atoms with Crippen LogP contribution in [0.15, 0.2) is 42.7 Å². The lowest BCUT2D eigenvalue weighted by atomic mass is 10.1. The maximum absolute atomic E-state index is 4.11. The molecule has 0 aliphatic carbocycles. The van der Waals surface area contributed by atoms with Crippen LogP contribution in [0.5, 0.6) is 0 Å². The van der Waals surface area contributed by atoms with E-state index in [9.17, 15) is 0 Å². The number of anilines is 1. The number of nitrogens with zero attached hydrogens (tertiary/aromatic N) is 1. The van der Waals surface area contributed by atoms with Crippen molar-refractivity contribution < 1.29 is 0 Å². The molecular formula is C14H16N2. The summed E-state index contributed by atoms with van der Waals surface area (Å²) in [5.74, 6) is 0. The molecule has 82 valence electrons. The summed E-state index contributed by atoms with van der Waals surface area (Å²) in [5, 5.41) is 3.39. The van der Waals surface area contributed by atoms with Crippen LogP contribution in [0.1, 0.15) is 16.7 Å². The van der Waals surface area contributed by atoms with E-state index in [1.165, 1.54) is 16.7 Å². The summed E-state index contributed by atoms with van der Waals surface area (Å²) in [6.45, 7) is 5.02. The molecule has 2 rings (SSSR count). The minimum atomic E-state index is 0.840. The number of pyridine rings is 1. The summed E-state index contributed by atoms with van der Waals surface area (Å²) in [5.41, 5.74) is 4.90. The second-order valence-electron chi connectivity index (χ2n) is 4.03. The van der Waals surface area contributed by atoms with Gasteiger partial charge in [-0.15, -0.1) is 0 Å². The Kier molecular flexibility index (Phi) is 3.20. The van der Waals surface area contributed by atoms with Gasteiger partial charge in [0.1, 0.15) is 0 Å². The average Bonchev–Trinajstić information content (AvgIpc) is 2.30. The van der Waals surface area contributed by atoms with E-state index in [-0.39, 0.29) is 0 Å². The molecule has 0 amide bonds. The molecule has 2 heteroatoms. The van der Waals surface area contributed by atoms with Crippen molar-refractivity contribution in [3.8, 4) is 0 Å². The maximum atomic E-state index is 4.11. The van der Waals surface area contributed by atoms with Crippen molar-refractivity contribution in [2.24, 2.45) is 0 Å². The molecule has 0 atom stereocenters. The predicted molar refractivity (Wildman–Crippen MR) is 67.5 cm³/mol. The lowest BCUT2D eigenvalue weighted by Crippen LogP contribution is -2.01. The monoisotopic (exact) mass is 212 g/mol. The molecule has 0 bridgehead atoms. The van der Waals surface area contributed by atoms with Gasteiger partial charge in [0.25, 0.3) is 0 Å². The van der Waals surface area contributed by atoms with Crippen molar-refractivity contribution in [2.75, 3.05) is 5.32 Å². The van der Waals surface area contributed by atoms with Gasteiger partial charge in [0.15, 0.2) is 0 Å². The largest absolute Gasteiger partial charge is 0.380 e. The van der Waals surface area contributed by atoms with Crippen LogP contribution in [0.3, 0.4) is 0 Å². The fraction of sp³-hybridized carbons (Fsp3) is 0.214. The number of rotatable bonds is 3. The predicted octanol–water partition coefficient (Wildman–Crippen LogP) is 3.31. The summed E-state index contributed by atoms with van der Waals surface area (Å²) in [4.78, 5) is 4.11. The number of aromatic nitrogens is 1. The van der Waals surface area contributed by atoms with Gasteiger partial charge in [-0.3, -0.25) is 4.98 Å². The molecule has 2 aromatic rings. The molecule has 1 aromatic heterocycles. The fourth-order valence-electron chi connectivity index (χ4n) is 1.55. The van der Waals surface area contributed by atoms with E-state index in [2.05, 4.69) is 48.4 Å². The van der Waals surface area contributed by atoms with E-state index in [0.29, 0.717) is 0 Å². The maximum Gasteiger partial charge on any atom is 0.0559 e. The van der Waals surface area contributed by atoms with E-state index in [4.69, 9.17) is 0 Å². The van der Waals surface area contributed by atoms with Crippen molar-refractivity contribution >= 4 is 5.69 Å². The molecule has 0 fully saturated rings. The highest BCUT2D eigenvalue weighted by Gasteiger charge is 1.97. The Hall–Kier alpha value is -1.83. The molecule has 0 saturated carbocycles. The van der Waals surface area contributed by atoms with E-state index in [0.717, 1.165) is 12.2 Å². The van der Waals surface area contributed by atoms with Gasteiger partial charge >= 0.3 is 0 Å². The van der Waals surface area contributed by atoms with E-state index >= 15 is 0 Å². The zero-order valence-corrected chi connectivity index (χ0v) is 9.70. The van der Waals surface area contributed by atoms with E-state index in [1.54, 1.807) is 0 Å². The zero-order valence-electron chi connectivity index (χ0n) is 9.70. The van der Waals surface area contributed by atoms with Gasteiger partial charge in [0, 0.05) is 12.7 Å². The first-order valence-corrected chi connectivity index (χ1v) is 5.46. The quantitative estimate of drug-likeness (QED) is 0.844. The fourth-order valence-corrected chi connectivity index (χ4v) is 1.55. The number of benzene rings is 1. The first-order valence-electron chi connectivity index (χ1n) is 5.46. The first kappa shape index (κ1) is 10.7. The van der Waals surface area contributed by atoms with E-state index in [1.807, 2.05) is 18.5 Å². The average molecular weight is 212 g/mol. The van der Waals surface area contributed by atoms with Crippen molar-refractivity contribution in [1.29, 1.82) is 0 Å². The molecule has 0 spiro atoms. The first-order chi connectivity index (χ1) is 7.75. The van der Waals surface area contributed by atoms with Gasteiger partial charge in [0.2, 0.25) is 0 Å². The molecule has 0 aliphatic heterocycles. The third-order valence-electron chi connectivity index (χ3n) is 2.64. The number of hydrogen-bond acceptors (Lipinski definition) is 2. The van der Waals surface area contributed by atoms with Crippen LogP contribution in [0.4, 0.5) is 5.69 Å². The van der Waals surface area contributed by atoms with Crippen molar-refractivity contribution in [1.82, 2.24) is 4.98 Å². The molecule has 0 aliphatic rings. The zero-order chi connectivity index (χ0) is 11.4. The second-order valence-corrected chi connectivity index (χ2v) is 4.03. The molecule has 0 radical (unpaired) electrons. The Morgan fingerprint density at radius 2 is 1.81 bits per heavy atom. The molecule has 0 unspecified atom stereocenters. The van der Waals surface area contributed by atoms with Gasteiger partial charge in [-0.05, 0) is 31.0 Å². The highest BCUT2D eigenvalue weighted by molar-refractivity contribution is 5.48. The summed E-state index contributed by atoms with van der Waals surface area (Å²) in [7, 11) is 0. The second kappa shape index (κ2) is 4.79. The van der Waals surface area contributed by atoms with Crippen LogP contribution in [0, 0.1) is 13.8 Å². The Bertz CT molecular complexity index is 460. The van der Waals surface area contributed by atoms with Crippen LogP contribution < -0.4 is 5.32 Å². The number of hydrogen-bond donors (Lipinski definition) is 1. The smallest absolute Gasteiger partial charge is 0.0559 e. The highest BCUT2D eigenvalue weighted by Crippen LogP contribution is 2.13. The Labute approximate surface area is 96.4 Å². The van der Waals surface area contributed by atoms with Gasteiger partial charge in [-0.2, -0.15) is 0 Å². The molecule has 1 N–H and O–H groups in total. The number of nitrogens with one attached hydrogen (secondary N) is 1. The van der Waals surface area contributed by atoms with Gasteiger partial charge in [-0.25, -0.2) is 0 Å². The standard InChI is InChI=1S/C14H16N2/c1-11-3-5-13(6-4-11)9-16-14-10-15-8-7-12(14)2/h3-8,10,16H,9H2,1-2H3. The van der Waals surface area contributed by atoms with Crippen LogP contribution in [-0.2, 0) is 6.54 Å². The van der Waals surface area contributed by atoms with E-state index < -0.39 is 0 Å². The van der Waals surface area contributed by atoms with Crippen LogP contribution in [-0.4, -0.2) is 4.98 Å². The third-order valence-corrected chi connectivity index (χ3v) is 2.64. The topological polar surface area (TPSA) is 24.9 Å². The normalized spacial score (nSPS) is 10.1. The Morgan fingerprint density at radius 3 is 2.50 bits per heavy atom. The molecule has 0 saturated heterocycles. The van der Waals surface area contributed by atoms with Crippen LogP contribution in [0.2, 0.25) is 0 Å². The summed E-state index contributed by atoms with van der Waals surface area (Å²) < 4.78 is 0. The molecule has 16 heavy (non-hydrogen) atoms.